The van der Waals surface area contributed by atoms with Crippen LogP contribution in [0.4, 0.5) is 8.78 Å². The van der Waals surface area contributed by atoms with Crippen LogP contribution in [-0.2, 0) is 0 Å². The Morgan fingerprint density at radius 1 is 1.50 bits per heavy atom. The Labute approximate surface area is 64.2 Å². The van der Waals surface area contributed by atoms with Gasteiger partial charge in [-0.25, -0.2) is 4.90 Å². The highest BCUT2D eigenvalue weighted by Gasteiger charge is 2.25. The Morgan fingerprint density at radius 2 is 2.10 bits per heavy atom. The largest absolute Gasteiger partial charge is 0.392 e. The molecule has 0 aromatic heterocycles. The maximum Gasteiger partial charge on any atom is 0.294 e. The number of β-amino-alcohol motifs (C(OH)–C–C–N with tert-alkyl or cyclic N) is 1. The van der Waals surface area contributed by atoms with Crippen LogP contribution in [0.15, 0.2) is 0 Å². The van der Waals surface area contributed by atoms with E-state index in [-0.39, 0.29) is 19.0 Å². The highest BCUT2D eigenvalue weighted by Crippen LogP contribution is 2.13. The van der Waals surface area contributed by atoms with Crippen molar-refractivity contribution in [1.29, 1.82) is 0 Å². The molecule has 1 unspecified atom stereocenters. The van der Waals surface area contributed by atoms with E-state index in [0.717, 1.165) is 4.90 Å². The predicted octanol–water partition coefficient (Wildman–Crippen LogP) is 0.697. The molecule has 0 aliphatic carbocycles. The molecule has 0 aromatic rings. The van der Waals surface area contributed by atoms with Crippen molar-refractivity contribution < 1.29 is 13.9 Å². The van der Waals surface area contributed by atoms with E-state index in [1.165, 1.54) is 0 Å². The molecule has 0 aromatic carbocycles. The molecule has 1 atom stereocenters. The average Bonchev–Trinajstić information content (AvgIpc) is 2.14. The molecule has 1 heterocycles. The highest BCUT2D eigenvalue weighted by molar-refractivity contribution is 5.85. The number of halogens is 3. The van der Waals surface area contributed by atoms with Gasteiger partial charge < -0.3 is 5.11 Å². The van der Waals surface area contributed by atoms with Crippen LogP contribution in [0.3, 0.4) is 0 Å². The van der Waals surface area contributed by atoms with Gasteiger partial charge >= 0.3 is 0 Å². The lowest BCUT2D eigenvalue weighted by Crippen LogP contribution is -2.27. The zero-order valence-corrected chi connectivity index (χ0v) is 6.15. The van der Waals surface area contributed by atoms with Gasteiger partial charge in [0.1, 0.15) is 0 Å². The molecule has 10 heavy (non-hydrogen) atoms. The molecule has 1 aliphatic heterocycles. The van der Waals surface area contributed by atoms with Crippen LogP contribution in [0.2, 0.25) is 0 Å². The Balaban J connectivity index is 0.000000810. The Kier molecular flexibility index (Phi) is 4.08. The van der Waals surface area contributed by atoms with Gasteiger partial charge in [-0.15, -0.1) is 12.4 Å². The van der Waals surface area contributed by atoms with Gasteiger partial charge in [-0.2, -0.15) is 8.78 Å². The summed E-state index contributed by atoms with van der Waals surface area (Å²) in [6, 6.07) is 0. The summed E-state index contributed by atoms with van der Waals surface area (Å²) in [6.07, 6.45) is -0.0661. The van der Waals surface area contributed by atoms with Crippen LogP contribution in [0.25, 0.3) is 0 Å². The fraction of sp³-hybridized carbons (Fsp3) is 1.00. The zero-order chi connectivity index (χ0) is 6.85. The van der Waals surface area contributed by atoms with E-state index >= 15 is 0 Å². The zero-order valence-electron chi connectivity index (χ0n) is 5.33. The smallest absolute Gasteiger partial charge is 0.294 e. The SMILES string of the molecule is Cl.OC1CCN(C(F)F)C1. The van der Waals surface area contributed by atoms with Crippen LogP contribution in [0.5, 0.6) is 0 Å². The van der Waals surface area contributed by atoms with Crippen molar-refractivity contribution in [2.75, 3.05) is 13.1 Å². The first-order valence-electron chi connectivity index (χ1n) is 2.90. The third kappa shape index (κ3) is 2.36. The standard InChI is InChI=1S/C5H9F2NO.ClH/c6-5(7)8-2-1-4(9)3-8;/h4-5,9H,1-3H2;1H. The molecule has 0 radical (unpaired) electrons. The molecule has 1 aliphatic rings. The summed E-state index contributed by atoms with van der Waals surface area (Å²) < 4.78 is 23.5. The first-order chi connectivity index (χ1) is 4.20. The summed E-state index contributed by atoms with van der Waals surface area (Å²) in [5, 5.41) is 8.77. The third-order valence-corrected chi connectivity index (χ3v) is 1.47. The Morgan fingerprint density at radius 3 is 2.30 bits per heavy atom. The van der Waals surface area contributed by atoms with Crippen molar-refractivity contribution in [2.45, 2.75) is 19.1 Å². The summed E-state index contributed by atoms with van der Waals surface area (Å²) in [7, 11) is 0. The quantitative estimate of drug-likeness (QED) is 0.590. The molecular formula is C5H10ClF2NO. The maximum absolute atomic E-state index is 11.7. The number of hydrogen-bond donors (Lipinski definition) is 1. The maximum atomic E-state index is 11.7. The number of nitrogens with zero attached hydrogens (tertiary/aromatic N) is 1. The minimum absolute atomic E-state index is 0. The molecule has 1 fully saturated rings. The topological polar surface area (TPSA) is 23.5 Å². The van der Waals surface area contributed by atoms with E-state index in [2.05, 4.69) is 0 Å². The molecule has 0 bridgehead atoms. The second kappa shape index (κ2) is 4.05. The van der Waals surface area contributed by atoms with Gasteiger partial charge in [-0.05, 0) is 6.42 Å². The third-order valence-electron chi connectivity index (χ3n) is 1.47. The number of rotatable bonds is 1. The van der Waals surface area contributed by atoms with Crippen molar-refractivity contribution in [3.63, 3.8) is 0 Å². The van der Waals surface area contributed by atoms with Crippen molar-refractivity contribution in [2.24, 2.45) is 0 Å². The first kappa shape index (κ1) is 10.1. The van der Waals surface area contributed by atoms with Crippen LogP contribution >= 0.6 is 12.4 Å². The molecule has 0 amide bonds. The Bertz CT molecular complexity index is 104. The molecule has 1 rings (SSSR count). The minimum Gasteiger partial charge on any atom is -0.392 e. The van der Waals surface area contributed by atoms with Crippen molar-refractivity contribution in [3.8, 4) is 0 Å². The molecule has 5 heteroatoms. The summed E-state index contributed by atoms with van der Waals surface area (Å²) >= 11 is 0. The van der Waals surface area contributed by atoms with E-state index in [1.54, 1.807) is 0 Å². The number of aliphatic hydroxyl groups is 1. The molecular weight excluding hydrogens is 164 g/mol. The van der Waals surface area contributed by atoms with E-state index in [4.69, 9.17) is 5.11 Å². The van der Waals surface area contributed by atoms with Gasteiger partial charge in [-0.3, -0.25) is 0 Å². The molecule has 0 spiro atoms. The number of aliphatic hydroxyl groups excluding tert-OH is 1. The summed E-state index contributed by atoms with van der Waals surface area (Å²) in [6.45, 7) is -1.96. The van der Waals surface area contributed by atoms with Gasteiger partial charge in [-0.1, -0.05) is 0 Å². The van der Waals surface area contributed by atoms with Crippen LogP contribution < -0.4 is 0 Å². The molecule has 1 N–H and O–H groups in total. The lowest BCUT2D eigenvalue weighted by molar-refractivity contribution is -0.0179. The fourth-order valence-electron chi connectivity index (χ4n) is 0.945. The van der Waals surface area contributed by atoms with E-state index in [9.17, 15) is 8.78 Å². The number of likely N-dealkylation sites (tertiary alicyclic amines) is 1. The van der Waals surface area contributed by atoms with Crippen LogP contribution in [0.1, 0.15) is 6.42 Å². The molecule has 1 saturated heterocycles. The van der Waals surface area contributed by atoms with E-state index in [1.807, 2.05) is 0 Å². The normalized spacial score (nSPS) is 27.0. The summed E-state index contributed by atoms with van der Waals surface area (Å²) in [5.41, 5.74) is 0. The van der Waals surface area contributed by atoms with Crippen molar-refractivity contribution in [3.05, 3.63) is 0 Å². The van der Waals surface area contributed by atoms with Gasteiger partial charge in [0.25, 0.3) is 6.55 Å². The monoisotopic (exact) mass is 173 g/mol. The molecule has 62 valence electrons. The first-order valence-corrected chi connectivity index (χ1v) is 2.90. The van der Waals surface area contributed by atoms with Crippen molar-refractivity contribution >= 4 is 12.4 Å². The summed E-state index contributed by atoms with van der Waals surface area (Å²) in [5.74, 6) is 0. The molecule has 2 nitrogen and oxygen atoms in total. The van der Waals surface area contributed by atoms with Crippen LogP contribution in [-0.4, -0.2) is 35.7 Å². The Hall–Kier alpha value is 0.0700. The van der Waals surface area contributed by atoms with Gasteiger partial charge in [0.05, 0.1) is 6.10 Å². The number of hydrogen-bond acceptors (Lipinski definition) is 2. The fourth-order valence-corrected chi connectivity index (χ4v) is 0.945. The van der Waals surface area contributed by atoms with Crippen molar-refractivity contribution in [1.82, 2.24) is 4.90 Å². The minimum atomic E-state index is -2.40. The molecule has 0 saturated carbocycles. The van der Waals surface area contributed by atoms with Gasteiger partial charge in [0.2, 0.25) is 0 Å². The lowest BCUT2D eigenvalue weighted by Gasteiger charge is -2.11. The number of alkyl halides is 2. The predicted molar refractivity (Wildman–Crippen MR) is 35.4 cm³/mol. The van der Waals surface area contributed by atoms with Crippen LogP contribution in [0, 0.1) is 0 Å². The van der Waals surface area contributed by atoms with E-state index in [0.29, 0.717) is 13.0 Å². The average molecular weight is 174 g/mol. The lowest BCUT2D eigenvalue weighted by atomic mass is 10.3. The van der Waals surface area contributed by atoms with E-state index < -0.39 is 12.7 Å². The summed E-state index contributed by atoms with van der Waals surface area (Å²) in [4.78, 5) is 0.963. The second-order valence-electron chi connectivity index (χ2n) is 2.22. The highest BCUT2D eigenvalue weighted by atomic mass is 35.5. The van der Waals surface area contributed by atoms with Gasteiger partial charge in [0, 0.05) is 13.1 Å². The second-order valence-corrected chi connectivity index (χ2v) is 2.22. The van der Waals surface area contributed by atoms with Gasteiger partial charge in [0.15, 0.2) is 0 Å².